The first-order chi connectivity index (χ1) is 14.5. The van der Waals surface area contributed by atoms with Crippen molar-refractivity contribution in [2.45, 2.75) is 19.4 Å². The van der Waals surface area contributed by atoms with Gasteiger partial charge in [-0.05, 0) is 53.9 Å². The lowest BCUT2D eigenvalue weighted by Crippen LogP contribution is -2.28. The maximum absolute atomic E-state index is 10.6. The van der Waals surface area contributed by atoms with Gasteiger partial charge in [-0.3, -0.25) is 0 Å². The zero-order valence-electron chi connectivity index (χ0n) is 16.6. The molecule has 0 aliphatic heterocycles. The molecule has 5 nitrogen and oxygen atoms in total. The van der Waals surface area contributed by atoms with Crippen LogP contribution in [0, 0.1) is 0 Å². The number of anilines is 1. The summed E-state index contributed by atoms with van der Waals surface area (Å²) >= 11 is 6.01. The van der Waals surface area contributed by atoms with E-state index >= 15 is 0 Å². The molecule has 0 fully saturated rings. The van der Waals surface area contributed by atoms with Gasteiger partial charge in [-0.1, -0.05) is 48.9 Å². The Hall–Kier alpha value is -3.15. The third-order valence-corrected chi connectivity index (χ3v) is 5.33. The van der Waals surface area contributed by atoms with Crippen LogP contribution in [-0.2, 0) is 0 Å². The van der Waals surface area contributed by atoms with Crippen molar-refractivity contribution in [2.75, 3.05) is 11.9 Å². The molecule has 30 heavy (non-hydrogen) atoms. The van der Waals surface area contributed by atoms with E-state index in [9.17, 15) is 5.11 Å². The molecule has 3 aromatic carbocycles. The second-order valence-electron chi connectivity index (χ2n) is 7.20. The number of phenolic OH excluding ortho intramolecular Hbond substituents is 1. The summed E-state index contributed by atoms with van der Waals surface area (Å²) in [6, 6.07) is 20.8. The van der Waals surface area contributed by atoms with Crippen LogP contribution >= 0.6 is 11.6 Å². The summed E-state index contributed by atoms with van der Waals surface area (Å²) < 4.78 is 0. The molecule has 0 aliphatic carbocycles. The summed E-state index contributed by atoms with van der Waals surface area (Å²) in [7, 11) is 0. The van der Waals surface area contributed by atoms with E-state index < -0.39 is 0 Å². The van der Waals surface area contributed by atoms with E-state index in [0.29, 0.717) is 28.8 Å². The van der Waals surface area contributed by atoms with Gasteiger partial charge >= 0.3 is 0 Å². The van der Waals surface area contributed by atoms with Crippen molar-refractivity contribution >= 4 is 28.3 Å². The van der Waals surface area contributed by atoms with E-state index in [1.807, 2.05) is 60.7 Å². The maximum atomic E-state index is 10.6. The van der Waals surface area contributed by atoms with Crippen LogP contribution in [0.15, 0.2) is 66.7 Å². The molecular weight excluding hydrogens is 396 g/mol. The van der Waals surface area contributed by atoms with Crippen molar-refractivity contribution in [1.82, 2.24) is 9.97 Å². The fourth-order valence-electron chi connectivity index (χ4n) is 3.24. The van der Waals surface area contributed by atoms with Gasteiger partial charge < -0.3 is 16.2 Å². The highest BCUT2D eigenvalue weighted by atomic mass is 35.5. The lowest BCUT2D eigenvalue weighted by atomic mass is 10.0. The summed E-state index contributed by atoms with van der Waals surface area (Å²) in [6.45, 7) is 2.66. The average Bonchev–Trinajstić information content (AvgIpc) is 2.78. The average molecular weight is 419 g/mol. The Morgan fingerprint density at radius 1 is 1.00 bits per heavy atom. The first-order valence-corrected chi connectivity index (χ1v) is 10.3. The number of benzene rings is 3. The molecule has 4 aromatic rings. The number of aromatic nitrogens is 2. The Balaban J connectivity index is 1.80. The molecule has 0 aliphatic rings. The molecule has 1 aromatic heterocycles. The number of hydrogen-bond acceptors (Lipinski definition) is 5. The predicted octanol–water partition coefficient (Wildman–Crippen LogP) is 5.47. The van der Waals surface area contributed by atoms with Crippen molar-refractivity contribution in [3.63, 3.8) is 0 Å². The van der Waals surface area contributed by atoms with Gasteiger partial charge in [0.2, 0.25) is 0 Å². The summed E-state index contributed by atoms with van der Waals surface area (Å²) in [6.07, 6.45) is 0.868. The Labute approximate surface area is 180 Å². The molecule has 0 bridgehead atoms. The monoisotopic (exact) mass is 418 g/mol. The normalized spacial score (nSPS) is 12.1. The smallest absolute Gasteiger partial charge is 0.165 e. The topological polar surface area (TPSA) is 84.1 Å². The number of para-hydroxylation sites is 1. The Kier molecular flexibility index (Phi) is 5.84. The van der Waals surface area contributed by atoms with Gasteiger partial charge in [0.1, 0.15) is 11.6 Å². The first kappa shape index (κ1) is 20.1. The highest BCUT2D eigenvalue weighted by molar-refractivity contribution is 6.30. The van der Waals surface area contributed by atoms with Crippen LogP contribution in [0.25, 0.3) is 33.4 Å². The molecule has 0 saturated carbocycles. The van der Waals surface area contributed by atoms with Crippen LogP contribution in [0.3, 0.4) is 0 Å². The molecule has 4 N–H and O–H groups in total. The molecule has 1 atom stereocenters. The highest BCUT2D eigenvalue weighted by Gasteiger charge is 2.14. The lowest BCUT2D eigenvalue weighted by Gasteiger charge is -2.14. The van der Waals surface area contributed by atoms with E-state index in [4.69, 9.17) is 27.3 Å². The molecule has 0 unspecified atom stereocenters. The number of nitrogens with one attached hydrogen (secondary N) is 1. The number of fused-ring (bicyclic) bond motifs is 1. The van der Waals surface area contributed by atoms with Gasteiger partial charge in [-0.15, -0.1) is 0 Å². The SMILES string of the molecule is CC[C@H](N)CNc1nc(-c2cc(-c3ccc(Cl)cc3)ccc2O)nc2ccccc12. The van der Waals surface area contributed by atoms with Crippen molar-refractivity contribution in [3.05, 3.63) is 71.8 Å². The predicted molar refractivity (Wildman–Crippen MR) is 124 cm³/mol. The number of phenols is 1. The largest absolute Gasteiger partial charge is 0.507 e. The minimum atomic E-state index is 0.0313. The standard InChI is InChI=1S/C24H23ClN4O/c1-2-18(26)14-27-23-19-5-3-4-6-21(19)28-24(29-23)20-13-16(9-12-22(20)30)15-7-10-17(25)11-8-15/h3-13,18,30H,2,14,26H2,1H3,(H,27,28,29)/t18-/m0/s1. The molecule has 0 spiro atoms. The quantitative estimate of drug-likeness (QED) is 0.386. The van der Waals surface area contributed by atoms with Crippen LogP contribution in [0.5, 0.6) is 5.75 Å². The Bertz CT molecular complexity index is 1180. The number of nitrogens with zero attached hydrogens (tertiary/aromatic N) is 2. The number of aromatic hydroxyl groups is 1. The van der Waals surface area contributed by atoms with Crippen molar-refractivity contribution in [1.29, 1.82) is 0 Å². The lowest BCUT2D eigenvalue weighted by molar-refractivity contribution is 0.477. The van der Waals surface area contributed by atoms with E-state index in [1.165, 1.54) is 0 Å². The summed E-state index contributed by atoms with van der Waals surface area (Å²) in [4.78, 5) is 9.43. The van der Waals surface area contributed by atoms with Crippen LogP contribution in [0.1, 0.15) is 13.3 Å². The number of rotatable bonds is 6. The van der Waals surface area contributed by atoms with Crippen molar-refractivity contribution < 1.29 is 5.11 Å². The molecular formula is C24H23ClN4O. The summed E-state index contributed by atoms with van der Waals surface area (Å²) in [5.41, 5.74) is 9.38. The van der Waals surface area contributed by atoms with Crippen LogP contribution in [-0.4, -0.2) is 27.7 Å². The highest BCUT2D eigenvalue weighted by Crippen LogP contribution is 2.34. The number of halogens is 1. The van der Waals surface area contributed by atoms with E-state index in [0.717, 1.165) is 28.5 Å². The fourth-order valence-corrected chi connectivity index (χ4v) is 3.37. The minimum absolute atomic E-state index is 0.0313. The van der Waals surface area contributed by atoms with Crippen molar-refractivity contribution in [2.24, 2.45) is 5.73 Å². The van der Waals surface area contributed by atoms with E-state index in [2.05, 4.69) is 12.2 Å². The summed E-state index contributed by atoms with van der Waals surface area (Å²) in [5, 5.41) is 15.5. The second kappa shape index (κ2) is 8.69. The van der Waals surface area contributed by atoms with Crippen molar-refractivity contribution in [3.8, 4) is 28.3 Å². The van der Waals surface area contributed by atoms with Gasteiger partial charge in [-0.25, -0.2) is 9.97 Å². The molecule has 0 radical (unpaired) electrons. The van der Waals surface area contributed by atoms with Gasteiger partial charge in [0, 0.05) is 23.0 Å². The summed E-state index contributed by atoms with van der Waals surface area (Å²) in [5.74, 6) is 1.28. The molecule has 0 saturated heterocycles. The number of hydrogen-bond donors (Lipinski definition) is 3. The third kappa shape index (κ3) is 4.22. The maximum Gasteiger partial charge on any atom is 0.165 e. The van der Waals surface area contributed by atoms with Gasteiger partial charge in [-0.2, -0.15) is 0 Å². The minimum Gasteiger partial charge on any atom is -0.507 e. The second-order valence-corrected chi connectivity index (χ2v) is 7.64. The van der Waals surface area contributed by atoms with Gasteiger partial charge in [0.15, 0.2) is 5.82 Å². The van der Waals surface area contributed by atoms with Crippen LogP contribution in [0.2, 0.25) is 5.02 Å². The molecule has 0 amide bonds. The molecule has 6 heteroatoms. The Morgan fingerprint density at radius 3 is 2.50 bits per heavy atom. The number of nitrogens with two attached hydrogens (primary N) is 1. The van der Waals surface area contributed by atoms with Crippen LogP contribution < -0.4 is 11.1 Å². The van der Waals surface area contributed by atoms with Crippen LogP contribution in [0.4, 0.5) is 5.82 Å². The molecule has 152 valence electrons. The zero-order valence-corrected chi connectivity index (χ0v) is 17.4. The fraction of sp³-hybridized carbons (Fsp3) is 0.167. The molecule has 4 rings (SSSR count). The first-order valence-electron chi connectivity index (χ1n) is 9.90. The third-order valence-electron chi connectivity index (χ3n) is 5.07. The zero-order chi connectivity index (χ0) is 21.1. The Morgan fingerprint density at radius 2 is 1.73 bits per heavy atom. The van der Waals surface area contributed by atoms with Gasteiger partial charge in [0.05, 0.1) is 11.1 Å². The van der Waals surface area contributed by atoms with E-state index in [-0.39, 0.29) is 11.8 Å². The van der Waals surface area contributed by atoms with Gasteiger partial charge in [0.25, 0.3) is 0 Å². The van der Waals surface area contributed by atoms with E-state index in [1.54, 1.807) is 6.07 Å². The molecule has 1 heterocycles.